The Hall–Kier alpha value is -1.32. The van der Waals surface area contributed by atoms with E-state index in [9.17, 15) is 19.2 Å². The summed E-state index contributed by atoms with van der Waals surface area (Å²) in [6.45, 7) is 1.63. The van der Waals surface area contributed by atoms with Crippen molar-refractivity contribution < 1.29 is 19.2 Å². The Morgan fingerprint density at radius 3 is 1.58 bits per heavy atom. The molecule has 0 fully saturated rings. The van der Waals surface area contributed by atoms with E-state index in [2.05, 4.69) is 0 Å². The summed E-state index contributed by atoms with van der Waals surface area (Å²) in [5, 5.41) is 0. The molecule has 0 saturated heterocycles. The largest absolute Gasteiger partial charge is 0.303 e. The fourth-order valence-corrected chi connectivity index (χ4v) is 0.913. The monoisotopic (exact) mass is 170 g/mol. The van der Waals surface area contributed by atoms with Gasteiger partial charge in [-0.05, 0) is 6.42 Å². The molecule has 0 aliphatic rings. The highest BCUT2D eigenvalue weighted by atomic mass is 16.2. The summed E-state index contributed by atoms with van der Waals surface area (Å²) in [5.41, 5.74) is -1.77. The van der Waals surface area contributed by atoms with Gasteiger partial charge in [-0.2, -0.15) is 0 Å². The highest BCUT2D eigenvalue weighted by molar-refractivity contribution is 6.04. The van der Waals surface area contributed by atoms with Crippen molar-refractivity contribution in [1.29, 1.82) is 0 Å². The van der Waals surface area contributed by atoms with Crippen molar-refractivity contribution in [3.05, 3.63) is 0 Å². The van der Waals surface area contributed by atoms with Crippen LogP contribution in [-0.4, -0.2) is 25.1 Å². The molecule has 0 aliphatic carbocycles. The quantitative estimate of drug-likeness (QED) is 0.408. The molecule has 0 aliphatic heterocycles. The summed E-state index contributed by atoms with van der Waals surface area (Å²) in [6.07, 6.45) is 1.40. The van der Waals surface area contributed by atoms with Gasteiger partial charge >= 0.3 is 0 Å². The molecule has 12 heavy (non-hydrogen) atoms. The van der Waals surface area contributed by atoms with Crippen molar-refractivity contribution in [2.24, 2.45) is 11.3 Å². The molecule has 4 heteroatoms. The van der Waals surface area contributed by atoms with Gasteiger partial charge in [0.25, 0.3) is 0 Å². The Balaban J connectivity index is 4.90. The molecule has 0 amide bonds. The summed E-state index contributed by atoms with van der Waals surface area (Å²) >= 11 is 0. The predicted octanol–water partition coefficient (Wildman–Crippen LogP) is -0.205. The van der Waals surface area contributed by atoms with Gasteiger partial charge in [-0.1, -0.05) is 6.92 Å². The highest BCUT2D eigenvalue weighted by Crippen LogP contribution is 2.21. The van der Waals surface area contributed by atoms with E-state index in [-0.39, 0.29) is 18.9 Å². The topological polar surface area (TPSA) is 68.3 Å². The summed E-state index contributed by atoms with van der Waals surface area (Å²) in [6, 6.07) is 0. The maximum Gasteiger partial charge on any atom is 0.146 e. The molecule has 0 N–H and O–H groups in total. The van der Waals surface area contributed by atoms with Gasteiger partial charge in [0, 0.05) is 5.92 Å². The number of rotatable bonds is 6. The molecule has 0 aromatic heterocycles. The Morgan fingerprint density at radius 1 is 1.08 bits per heavy atom. The third-order valence-corrected chi connectivity index (χ3v) is 1.86. The van der Waals surface area contributed by atoms with Crippen molar-refractivity contribution in [3.63, 3.8) is 0 Å². The lowest BCUT2D eigenvalue weighted by Crippen LogP contribution is -2.36. The van der Waals surface area contributed by atoms with E-state index < -0.39 is 11.3 Å². The number of aldehydes is 4. The van der Waals surface area contributed by atoms with E-state index in [1.165, 1.54) is 0 Å². The summed E-state index contributed by atoms with van der Waals surface area (Å²) < 4.78 is 0. The molecule has 0 saturated carbocycles. The lowest BCUT2D eigenvalue weighted by atomic mass is 9.78. The maximum atomic E-state index is 10.4. The van der Waals surface area contributed by atoms with Crippen molar-refractivity contribution in [2.75, 3.05) is 0 Å². The third kappa shape index (κ3) is 1.64. The van der Waals surface area contributed by atoms with Crippen LogP contribution >= 0.6 is 0 Å². The molecule has 0 rings (SSSR count). The molecular weight excluding hydrogens is 160 g/mol. The van der Waals surface area contributed by atoms with Crippen molar-refractivity contribution in [3.8, 4) is 0 Å². The van der Waals surface area contributed by atoms with Crippen LogP contribution in [0.3, 0.4) is 0 Å². The normalized spacial score (nSPS) is 13.1. The lowest BCUT2D eigenvalue weighted by molar-refractivity contribution is -0.139. The number of hydrogen-bond donors (Lipinski definition) is 0. The second kappa shape index (κ2) is 4.54. The zero-order valence-corrected chi connectivity index (χ0v) is 6.73. The van der Waals surface area contributed by atoms with Crippen LogP contribution in [0.5, 0.6) is 0 Å². The molecule has 0 spiro atoms. The smallest absolute Gasteiger partial charge is 0.146 e. The molecule has 1 atom stereocenters. The van der Waals surface area contributed by atoms with Gasteiger partial charge in [0.1, 0.15) is 30.6 Å². The number of hydrogen-bond acceptors (Lipinski definition) is 4. The first-order chi connectivity index (χ1) is 5.70. The zero-order chi connectivity index (χ0) is 9.61. The minimum atomic E-state index is -1.77. The summed E-state index contributed by atoms with van der Waals surface area (Å²) in [4.78, 5) is 41.7. The molecule has 1 unspecified atom stereocenters. The second-order valence-corrected chi connectivity index (χ2v) is 2.50. The second-order valence-electron chi connectivity index (χ2n) is 2.50. The first kappa shape index (κ1) is 10.7. The van der Waals surface area contributed by atoms with Crippen LogP contribution in [0.15, 0.2) is 0 Å². The Bertz CT molecular complexity index is 175. The minimum absolute atomic E-state index is 0.218. The predicted molar refractivity (Wildman–Crippen MR) is 40.5 cm³/mol. The third-order valence-electron chi connectivity index (χ3n) is 1.86. The van der Waals surface area contributed by atoms with Crippen molar-refractivity contribution >= 4 is 25.1 Å². The van der Waals surface area contributed by atoms with Gasteiger partial charge in [0.2, 0.25) is 0 Å². The van der Waals surface area contributed by atoms with Crippen LogP contribution < -0.4 is 0 Å². The van der Waals surface area contributed by atoms with Crippen LogP contribution in [0.1, 0.15) is 13.3 Å². The number of carbonyl (C=O) groups is 4. The molecular formula is C8H10O4. The molecule has 0 aromatic carbocycles. The summed E-state index contributed by atoms with van der Waals surface area (Å²) in [5.74, 6) is -0.843. The Labute approximate surface area is 69.9 Å². The fraction of sp³-hybridized carbons (Fsp3) is 0.500. The van der Waals surface area contributed by atoms with Crippen LogP contribution in [0.2, 0.25) is 0 Å². The van der Waals surface area contributed by atoms with E-state index in [4.69, 9.17) is 0 Å². The molecule has 0 bridgehead atoms. The molecule has 4 nitrogen and oxygen atoms in total. The van der Waals surface area contributed by atoms with Gasteiger partial charge in [-0.3, -0.25) is 0 Å². The average Bonchev–Trinajstić information content (AvgIpc) is 2.14. The van der Waals surface area contributed by atoms with E-state index >= 15 is 0 Å². The SMILES string of the molecule is CCC(C=O)C(C=O)(C=O)C=O. The zero-order valence-electron chi connectivity index (χ0n) is 6.73. The highest BCUT2D eigenvalue weighted by Gasteiger charge is 2.37. The van der Waals surface area contributed by atoms with E-state index in [0.29, 0.717) is 12.7 Å². The average molecular weight is 170 g/mol. The van der Waals surface area contributed by atoms with Gasteiger partial charge in [0.05, 0.1) is 0 Å². The lowest BCUT2D eigenvalue weighted by Gasteiger charge is -2.19. The van der Waals surface area contributed by atoms with E-state index in [1.54, 1.807) is 6.92 Å². The van der Waals surface area contributed by atoms with Gasteiger partial charge in [0.15, 0.2) is 0 Å². The molecule has 0 aromatic rings. The van der Waals surface area contributed by atoms with Gasteiger partial charge in [-0.15, -0.1) is 0 Å². The van der Waals surface area contributed by atoms with E-state index in [1.807, 2.05) is 0 Å². The van der Waals surface area contributed by atoms with Gasteiger partial charge in [-0.25, -0.2) is 0 Å². The Kier molecular flexibility index (Phi) is 4.04. The standard InChI is InChI=1S/C8H10O4/c1-2-7(3-9)8(4-10,5-11)6-12/h3-7H,2H2,1H3. The van der Waals surface area contributed by atoms with Crippen LogP contribution in [0.25, 0.3) is 0 Å². The number of carbonyl (C=O) groups excluding carboxylic acids is 4. The van der Waals surface area contributed by atoms with Crippen LogP contribution in [0, 0.1) is 11.3 Å². The van der Waals surface area contributed by atoms with Crippen LogP contribution in [0.4, 0.5) is 0 Å². The summed E-state index contributed by atoms with van der Waals surface area (Å²) in [7, 11) is 0. The van der Waals surface area contributed by atoms with Crippen molar-refractivity contribution in [1.82, 2.24) is 0 Å². The molecule has 0 radical (unpaired) electrons. The van der Waals surface area contributed by atoms with Crippen LogP contribution in [-0.2, 0) is 19.2 Å². The first-order valence-corrected chi connectivity index (χ1v) is 3.55. The Morgan fingerprint density at radius 2 is 1.50 bits per heavy atom. The van der Waals surface area contributed by atoms with Gasteiger partial charge < -0.3 is 19.2 Å². The first-order valence-electron chi connectivity index (χ1n) is 3.55. The molecule has 0 heterocycles. The van der Waals surface area contributed by atoms with Crippen molar-refractivity contribution in [2.45, 2.75) is 13.3 Å². The fourth-order valence-electron chi connectivity index (χ4n) is 0.913. The van der Waals surface area contributed by atoms with E-state index in [0.717, 1.165) is 0 Å². The minimum Gasteiger partial charge on any atom is -0.303 e. The maximum absolute atomic E-state index is 10.4. The molecule has 66 valence electrons.